The van der Waals surface area contributed by atoms with Crippen molar-refractivity contribution in [1.82, 2.24) is 4.90 Å². The summed E-state index contributed by atoms with van der Waals surface area (Å²) >= 11 is 0. The summed E-state index contributed by atoms with van der Waals surface area (Å²) in [7, 11) is 0. The standard InChI is InChI=1S/C16H21NO3/c1-11(14-8-9-14)19-15-12(2)20-16(18)17(15)10-13-6-4-3-5-7-13/h3-7,11-12,14-15H,8-10H2,1-2H3. The average molecular weight is 275 g/mol. The highest BCUT2D eigenvalue weighted by atomic mass is 16.6. The van der Waals surface area contributed by atoms with Crippen molar-refractivity contribution in [3.8, 4) is 0 Å². The molecule has 20 heavy (non-hydrogen) atoms. The third-order valence-corrected chi connectivity index (χ3v) is 4.07. The smallest absolute Gasteiger partial charge is 0.412 e. The number of rotatable bonds is 5. The number of amides is 1. The molecule has 1 amide bonds. The zero-order valence-corrected chi connectivity index (χ0v) is 12.0. The van der Waals surface area contributed by atoms with E-state index >= 15 is 0 Å². The largest absolute Gasteiger partial charge is 0.442 e. The molecule has 1 aliphatic heterocycles. The fraction of sp³-hybridized carbons (Fsp3) is 0.562. The zero-order chi connectivity index (χ0) is 14.1. The first kappa shape index (κ1) is 13.4. The van der Waals surface area contributed by atoms with Crippen LogP contribution in [-0.4, -0.2) is 29.4 Å². The Morgan fingerprint density at radius 3 is 2.70 bits per heavy atom. The van der Waals surface area contributed by atoms with Crippen molar-refractivity contribution in [3.63, 3.8) is 0 Å². The molecule has 0 radical (unpaired) electrons. The molecule has 2 aliphatic rings. The number of hydrogen-bond donors (Lipinski definition) is 0. The van der Waals surface area contributed by atoms with Crippen molar-refractivity contribution in [1.29, 1.82) is 0 Å². The van der Waals surface area contributed by atoms with Crippen molar-refractivity contribution in [2.45, 2.75) is 51.7 Å². The Bertz CT molecular complexity index is 472. The molecule has 3 unspecified atom stereocenters. The summed E-state index contributed by atoms with van der Waals surface area (Å²) in [6, 6.07) is 9.94. The van der Waals surface area contributed by atoms with Crippen LogP contribution in [0.25, 0.3) is 0 Å². The maximum Gasteiger partial charge on any atom is 0.412 e. The van der Waals surface area contributed by atoms with Crippen molar-refractivity contribution < 1.29 is 14.3 Å². The number of hydrogen-bond acceptors (Lipinski definition) is 3. The van der Waals surface area contributed by atoms with Gasteiger partial charge < -0.3 is 9.47 Å². The van der Waals surface area contributed by atoms with Gasteiger partial charge in [-0.2, -0.15) is 0 Å². The molecule has 108 valence electrons. The minimum atomic E-state index is -0.283. The van der Waals surface area contributed by atoms with Crippen LogP contribution in [0.3, 0.4) is 0 Å². The molecule has 0 bridgehead atoms. The predicted octanol–water partition coefficient (Wildman–Crippen LogP) is 3.17. The summed E-state index contributed by atoms with van der Waals surface area (Å²) in [4.78, 5) is 13.7. The summed E-state index contributed by atoms with van der Waals surface area (Å²) in [6.07, 6.45) is 1.88. The van der Waals surface area contributed by atoms with Crippen LogP contribution in [0, 0.1) is 5.92 Å². The van der Waals surface area contributed by atoms with E-state index in [9.17, 15) is 4.79 Å². The Balaban J connectivity index is 1.70. The minimum Gasteiger partial charge on any atom is -0.442 e. The van der Waals surface area contributed by atoms with Crippen molar-refractivity contribution in [2.75, 3.05) is 0 Å². The number of benzene rings is 1. The quantitative estimate of drug-likeness (QED) is 0.828. The monoisotopic (exact) mass is 275 g/mol. The fourth-order valence-electron chi connectivity index (χ4n) is 2.66. The Kier molecular flexibility index (Phi) is 3.66. The summed E-state index contributed by atoms with van der Waals surface area (Å²) in [5.74, 6) is 0.650. The fourth-order valence-corrected chi connectivity index (χ4v) is 2.66. The van der Waals surface area contributed by atoms with Crippen molar-refractivity contribution in [3.05, 3.63) is 35.9 Å². The average Bonchev–Trinajstić information content (AvgIpc) is 3.24. The highest BCUT2D eigenvalue weighted by Crippen LogP contribution is 2.36. The topological polar surface area (TPSA) is 38.8 Å². The predicted molar refractivity (Wildman–Crippen MR) is 75.0 cm³/mol. The summed E-state index contributed by atoms with van der Waals surface area (Å²) < 4.78 is 11.4. The SMILES string of the molecule is CC(OC1C(C)OC(=O)N1Cc1ccccc1)C1CC1. The van der Waals surface area contributed by atoms with Gasteiger partial charge in [0.1, 0.15) is 6.10 Å². The third-order valence-electron chi connectivity index (χ3n) is 4.07. The molecule has 0 aromatic heterocycles. The van der Waals surface area contributed by atoms with Crippen LogP contribution in [0.15, 0.2) is 30.3 Å². The van der Waals surface area contributed by atoms with Gasteiger partial charge in [0, 0.05) is 0 Å². The normalized spacial score (nSPS) is 27.5. The van der Waals surface area contributed by atoms with Gasteiger partial charge >= 0.3 is 6.09 Å². The molecule has 3 rings (SSSR count). The van der Waals surface area contributed by atoms with Gasteiger partial charge in [-0.1, -0.05) is 30.3 Å². The second kappa shape index (κ2) is 5.44. The van der Waals surface area contributed by atoms with Crippen LogP contribution in [0.1, 0.15) is 32.3 Å². The van der Waals surface area contributed by atoms with Gasteiger partial charge in [-0.25, -0.2) is 4.79 Å². The summed E-state index contributed by atoms with van der Waals surface area (Å²) in [6.45, 7) is 4.52. The molecular formula is C16H21NO3. The molecular weight excluding hydrogens is 254 g/mol. The van der Waals surface area contributed by atoms with Gasteiger partial charge in [-0.3, -0.25) is 4.90 Å². The van der Waals surface area contributed by atoms with E-state index in [2.05, 4.69) is 6.92 Å². The van der Waals surface area contributed by atoms with Crippen LogP contribution >= 0.6 is 0 Å². The van der Waals surface area contributed by atoms with Crippen molar-refractivity contribution in [2.24, 2.45) is 5.92 Å². The molecule has 0 spiro atoms. The molecule has 4 nitrogen and oxygen atoms in total. The lowest BCUT2D eigenvalue weighted by atomic mass is 10.2. The Morgan fingerprint density at radius 2 is 2.05 bits per heavy atom. The molecule has 0 N–H and O–H groups in total. The second-order valence-electron chi connectivity index (χ2n) is 5.77. The van der Waals surface area contributed by atoms with Crippen LogP contribution < -0.4 is 0 Å². The number of cyclic esters (lactones) is 1. The number of carbonyl (C=O) groups is 1. The van der Waals surface area contributed by atoms with Crippen LogP contribution in [0.5, 0.6) is 0 Å². The summed E-state index contributed by atoms with van der Waals surface area (Å²) in [5, 5.41) is 0. The minimum absolute atomic E-state index is 0.190. The lowest BCUT2D eigenvalue weighted by Gasteiger charge is -2.26. The van der Waals surface area contributed by atoms with Gasteiger partial charge in [0.05, 0.1) is 12.6 Å². The first-order valence-corrected chi connectivity index (χ1v) is 7.32. The number of carbonyl (C=O) groups excluding carboxylic acids is 1. The van der Waals surface area contributed by atoms with Gasteiger partial charge in [-0.15, -0.1) is 0 Å². The molecule has 1 heterocycles. The Morgan fingerprint density at radius 1 is 1.35 bits per heavy atom. The molecule has 1 saturated heterocycles. The molecule has 1 aliphatic carbocycles. The van der Waals surface area contributed by atoms with E-state index in [1.807, 2.05) is 37.3 Å². The first-order valence-electron chi connectivity index (χ1n) is 7.32. The van der Waals surface area contributed by atoms with Gasteiger partial charge in [-0.05, 0) is 38.2 Å². The number of nitrogens with zero attached hydrogens (tertiary/aromatic N) is 1. The molecule has 1 saturated carbocycles. The molecule has 2 fully saturated rings. The van der Waals surface area contributed by atoms with Gasteiger partial charge in [0.15, 0.2) is 6.23 Å². The van der Waals surface area contributed by atoms with Crippen LogP contribution in [-0.2, 0) is 16.0 Å². The molecule has 3 atom stereocenters. The number of ether oxygens (including phenoxy) is 2. The highest BCUT2D eigenvalue weighted by molar-refractivity contribution is 5.70. The van der Waals surface area contributed by atoms with E-state index in [1.165, 1.54) is 12.8 Å². The van der Waals surface area contributed by atoms with E-state index in [0.717, 1.165) is 5.56 Å². The van der Waals surface area contributed by atoms with E-state index in [-0.39, 0.29) is 24.5 Å². The Hall–Kier alpha value is -1.55. The lowest BCUT2D eigenvalue weighted by molar-refractivity contribution is -0.0919. The molecule has 1 aromatic rings. The highest BCUT2D eigenvalue weighted by Gasteiger charge is 2.42. The van der Waals surface area contributed by atoms with Crippen LogP contribution in [0.4, 0.5) is 4.79 Å². The molecule has 4 heteroatoms. The van der Waals surface area contributed by atoms with Crippen LogP contribution in [0.2, 0.25) is 0 Å². The van der Waals surface area contributed by atoms with Crippen molar-refractivity contribution >= 4 is 6.09 Å². The van der Waals surface area contributed by atoms with E-state index in [4.69, 9.17) is 9.47 Å². The first-order chi connectivity index (χ1) is 9.65. The maximum atomic E-state index is 12.0. The Labute approximate surface area is 119 Å². The lowest BCUT2D eigenvalue weighted by Crippen LogP contribution is -2.40. The van der Waals surface area contributed by atoms with E-state index < -0.39 is 0 Å². The van der Waals surface area contributed by atoms with Gasteiger partial charge in [0.25, 0.3) is 0 Å². The van der Waals surface area contributed by atoms with E-state index in [1.54, 1.807) is 4.90 Å². The van der Waals surface area contributed by atoms with E-state index in [0.29, 0.717) is 12.5 Å². The molecule has 1 aromatic carbocycles. The summed E-state index contributed by atoms with van der Waals surface area (Å²) in [5.41, 5.74) is 1.09. The second-order valence-corrected chi connectivity index (χ2v) is 5.77. The zero-order valence-electron chi connectivity index (χ0n) is 12.0. The third kappa shape index (κ3) is 2.80. The maximum absolute atomic E-state index is 12.0. The van der Waals surface area contributed by atoms with Gasteiger partial charge in [0.2, 0.25) is 0 Å².